The number of amides is 5. The average molecular weight is 475 g/mol. The molecular weight excluding hydrogens is 452 g/mol. The summed E-state index contributed by atoms with van der Waals surface area (Å²) in [5.41, 5.74) is 1.72. The normalized spacial score (nSPS) is 20.2. The molecule has 1 aromatic carbocycles. The lowest BCUT2D eigenvalue weighted by Crippen LogP contribution is -2.48. The van der Waals surface area contributed by atoms with E-state index in [0.717, 1.165) is 24.6 Å². The minimum absolute atomic E-state index is 0.00188. The fourth-order valence-electron chi connectivity index (χ4n) is 3.32. The van der Waals surface area contributed by atoms with Gasteiger partial charge in [0, 0.05) is 12.5 Å². The molecule has 0 radical (unpaired) electrons. The van der Waals surface area contributed by atoms with Gasteiger partial charge in [-0.2, -0.15) is 5.01 Å². The molecule has 168 valence electrons. The number of imide groups is 1. The third kappa shape index (κ3) is 4.32. The molecule has 10 nitrogen and oxygen atoms in total. The average Bonchev–Trinajstić information content (AvgIpc) is 3.47. The number of benzene rings is 1. The fourth-order valence-corrected chi connectivity index (χ4v) is 5.04. The molecular formula is C20H22N6O4S2. The first kappa shape index (κ1) is 22.2. The molecule has 1 atom stereocenters. The van der Waals surface area contributed by atoms with Crippen molar-refractivity contribution in [2.24, 2.45) is 0 Å². The number of nitrogens with zero attached hydrogens (tertiary/aromatic N) is 4. The quantitative estimate of drug-likeness (QED) is 0.341. The largest absolute Gasteiger partial charge is 0.344 e. The molecule has 0 spiro atoms. The van der Waals surface area contributed by atoms with Crippen LogP contribution in [-0.4, -0.2) is 50.8 Å². The zero-order valence-corrected chi connectivity index (χ0v) is 19.2. The van der Waals surface area contributed by atoms with Gasteiger partial charge in [-0.15, -0.1) is 10.2 Å². The van der Waals surface area contributed by atoms with E-state index in [1.54, 1.807) is 43.0 Å². The van der Waals surface area contributed by atoms with Crippen LogP contribution in [0.3, 0.4) is 0 Å². The maximum Gasteiger partial charge on any atom is 0.344 e. The number of hydrogen-bond acceptors (Lipinski definition) is 8. The number of rotatable bonds is 8. The number of aromatic nitrogens is 2. The number of carbonyl (C=O) groups excluding carboxylic acids is 4. The van der Waals surface area contributed by atoms with E-state index in [9.17, 15) is 19.2 Å². The Morgan fingerprint density at radius 2 is 2.00 bits per heavy atom. The Morgan fingerprint density at radius 1 is 1.28 bits per heavy atom. The van der Waals surface area contributed by atoms with Gasteiger partial charge in [0.2, 0.25) is 16.9 Å². The van der Waals surface area contributed by atoms with Crippen molar-refractivity contribution in [3.05, 3.63) is 35.9 Å². The highest BCUT2D eigenvalue weighted by Crippen LogP contribution is 2.36. The minimum Gasteiger partial charge on any atom is -0.318 e. The standard InChI is InChI=1S/C20H22N6O4S2/c1-3-15(28)25(13-9-10-13)18-22-23-19(32-18)31-11-14(27)24-26-16(29)20(2,21-17(26)30)12-7-5-4-6-8-12/h4-8,13H,3,9-11H2,1-2H3,(H,21,30)(H,24,27). The van der Waals surface area contributed by atoms with Gasteiger partial charge in [-0.1, -0.05) is 60.4 Å². The van der Waals surface area contributed by atoms with Crippen molar-refractivity contribution in [3.63, 3.8) is 0 Å². The van der Waals surface area contributed by atoms with Crippen LogP contribution in [0.15, 0.2) is 34.7 Å². The summed E-state index contributed by atoms with van der Waals surface area (Å²) in [7, 11) is 0. The first-order valence-corrected chi connectivity index (χ1v) is 11.9. The van der Waals surface area contributed by atoms with Gasteiger partial charge >= 0.3 is 6.03 Å². The molecule has 1 aliphatic carbocycles. The lowest BCUT2D eigenvalue weighted by atomic mass is 9.92. The van der Waals surface area contributed by atoms with E-state index in [0.29, 0.717) is 26.5 Å². The molecule has 2 aliphatic rings. The zero-order chi connectivity index (χ0) is 22.9. The molecule has 2 fully saturated rings. The molecule has 1 saturated carbocycles. The predicted molar refractivity (Wildman–Crippen MR) is 119 cm³/mol. The fraction of sp³-hybridized carbons (Fsp3) is 0.400. The van der Waals surface area contributed by atoms with Crippen LogP contribution < -0.4 is 15.6 Å². The van der Waals surface area contributed by atoms with Crippen molar-refractivity contribution in [1.29, 1.82) is 0 Å². The predicted octanol–water partition coefficient (Wildman–Crippen LogP) is 2.03. The molecule has 12 heteroatoms. The summed E-state index contributed by atoms with van der Waals surface area (Å²) in [4.78, 5) is 51.5. The summed E-state index contributed by atoms with van der Waals surface area (Å²) < 4.78 is 0.524. The van der Waals surface area contributed by atoms with E-state index in [-0.39, 0.29) is 17.7 Å². The Labute approximate surface area is 192 Å². The third-order valence-corrected chi connectivity index (χ3v) is 7.25. The number of nitrogens with one attached hydrogen (secondary N) is 2. The summed E-state index contributed by atoms with van der Waals surface area (Å²) in [6.45, 7) is 3.40. The maximum absolute atomic E-state index is 12.9. The number of urea groups is 1. The van der Waals surface area contributed by atoms with Crippen LogP contribution in [-0.2, 0) is 19.9 Å². The van der Waals surface area contributed by atoms with Gasteiger partial charge in [0.25, 0.3) is 5.91 Å². The Morgan fingerprint density at radius 3 is 2.66 bits per heavy atom. The highest BCUT2D eigenvalue weighted by molar-refractivity contribution is 8.01. The Hall–Kier alpha value is -2.99. The molecule has 1 saturated heterocycles. The first-order chi connectivity index (χ1) is 15.3. The Kier molecular flexibility index (Phi) is 6.15. The van der Waals surface area contributed by atoms with Gasteiger partial charge in [-0.25, -0.2) is 4.79 Å². The lowest BCUT2D eigenvalue weighted by Gasteiger charge is -2.22. The Bertz CT molecular complexity index is 1060. The van der Waals surface area contributed by atoms with E-state index in [4.69, 9.17) is 0 Å². The van der Waals surface area contributed by atoms with E-state index >= 15 is 0 Å². The van der Waals surface area contributed by atoms with Crippen LogP contribution >= 0.6 is 23.1 Å². The molecule has 1 aromatic heterocycles. The van der Waals surface area contributed by atoms with Gasteiger partial charge in [-0.05, 0) is 25.3 Å². The van der Waals surface area contributed by atoms with E-state index < -0.39 is 23.4 Å². The topological polar surface area (TPSA) is 125 Å². The van der Waals surface area contributed by atoms with E-state index in [1.807, 2.05) is 6.07 Å². The molecule has 1 unspecified atom stereocenters. The maximum atomic E-state index is 12.9. The van der Waals surface area contributed by atoms with Crippen molar-refractivity contribution < 1.29 is 19.2 Å². The number of hydrogen-bond donors (Lipinski definition) is 2. The highest BCUT2D eigenvalue weighted by atomic mass is 32.2. The monoisotopic (exact) mass is 474 g/mol. The van der Waals surface area contributed by atoms with Gasteiger partial charge in [0.15, 0.2) is 4.34 Å². The van der Waals surface area contributed by atoms with Crippen molar-refractivity contribution in [2.45, 2.75) is 49.0 Å². The van der Waals surface area contributed by atoms with Gasteiger partial charge < -0.3 is 5.32 Å². The van der Waals surface area contributed by atoms with E-state index in [2.05, 4.69) is 20.9 Å². The Balaban J connectivity index is 1.36. The lowest BCUT2D eigenvalue weighted by molar-refractivity contribution is -0.138. The molecule has 2 aromatic rings. The number of thioether (sulfide) groups is 1. The summed E-state index contributed by atoms with van der Waals surface area (Å²) in [6, 6.07) is 8.30. The second-order valence-electron chi connectivity index (χ2n) is 7.58. The van der Waals surface area contributed by atoms with Crippen LogP contribution in [0.2, 0.25) is 0 Å². The summed E-state index contributed by atoms with van der Waals surface area (Å²) in [5.74, 6) is -1.17. The van der Waals surface area contributed by atoms with Crippen molar-refractivity contribution in [1.82, 2.24) is 25.9 Å². The molecule has 4 rings (SSSR count). The van der Waals surface area contributed by atoms with Crippen LogP contribution in [0, 0.1) is 0 Å². The van der Waals surface area contributed by atoms with Crippen LogP contribution in [0.1, 0.15) is 38.7 Å². The first-order valence-electron chi connectivity index (χ1n) is 10.1. The zero-order valence-electron chi connectivity index (χ0n) is 17.5. The molecule has 2 N–H and O–H groups in total. The van der Waals surface area contributed by atoms with E-state index in [1.165, 1.54) is 11.3 Å². The summed E-state index contributed by atoms with van der Waals surface area (Å²) in [5, 5.41) is 12.0. The molecule has 1 aliphatic heterocycles. The van der Waals surface area contributed by atoms with Crippen molar-refractivity contribution >= 4 is 52.0 Å². The van der Waals surface area contributed by atoms with Gasteiger partial charge in [0.05, 0.1) is 5.75 Å². The van der Waals surface area contributed by atoms with Crippen LogP contribution in [0.5, 0.6) is 0 Å². The number of anilines is 1. The van der Waals surface area contributed by atoms with Crippen molar-refractivity contribution in [2.75, 3.05) is 10.7 Å². The summed E-state index contributed by atoms with van der Waals surface area (Å²) in [6.07, 6.45) is 2.28. The number of hydrazine groups is 1. The smallest absolute Gasteiger partial charge is 0.318 e. The second-order valence-corrected chi connectivity index (χ2v) is 9.76. The molecule has 32 heavy (non-hydrogen) atoms. The van der Waals surface area contributed by atoms with Crippen molar-refractivity contribution in [3.8, 4) is 0 Å². The van der Waals surface area contributed by atoms with Crippen LogP contribution in [0.4, 0.5) is 9.93 Å². The molecule has 5 amide bonds. The molecule has 0 bridgehead atoms. The number of carbonyl (C=O) groups is 4. The third-order valence-electron chi connectivity index (χ3n) is 5.19. The molecule has 2 heterocycles. The minimum atomic E-state index is -1.26. The second kappa shape index (κ2) is 8.87. The van der Waals surface area contributed by atoms with Gasteiger partial charge in [-0.3, -0.25) is 24.7 Å². The van der Waals surface area contributed by atoms with Crippen LogP contribution in [0.25, 0.3) is 0 Å². The summed E-state index contributed by atoms with van der Waals surface area (Å²) >= 11 is 2.37. The highest BCUT2D eigenvalue weighted by Gasteiger charge is 2.50. The van der Waals surface area contributed by atoms with Gasteiger partial charge in [0.1, 0.15) is 5.54 Å². The SMILES string of the molecule is CCC(=O)N(c1nnc(SCC(=O)NN2C(=O)NC(C)(c3ccccc3)C2=O)s1)C1CC1.